The molecule has 1 aliphatic rings. The Morgan fingerprint density at radius 2 is 1.78 bits per heavy atom. The number of rotatable bonds is 3. The largest absolute Gasteiger partial charge is 0.491 e. The number of amides is 3. The van der Waals surface area contributed by atoms with Gasteiger partial charge in [0, 0.05) is 0 Å². The lowest BCUT2D eigenvalue weighted by Gasteiger charge is -2.09. The molecule has 1 fully saturated rings. The SMILES string of the molecule is CC(C)Oc1ccc(C=C2NC(=O)NC2=O)cc1. The first-order chi connectivity index (χ1) is 8.54. The number of hydrogen-bond acceptors (Lipinski definition) is 3. The van der Waals surface area contributed by atoms with Gasteiger partial charge in [-0.15, -0.1) is 0 Å². The maximum atomic E-state index is 11.3. The second kappa shape index (κ2) is 4.91. The monoisotopic (exact) mass is 246 g/mol. The Morgan fingerprint density at radius 3 is 2.28 bits per heavy atom. The van der Waals surface area contributed by atoms with Crippen molar-refractivity contribution in [1.29, 1.82) is 0 Å². The van der Waals surface area contributed by atoms with Crippen molar-refractivity contribution in [3.05, 3.63) is 35.5 Å². The first-order valence-electron chi connectivity index (χ1n) is 5.65. The van der Waals surface area contributed by atoms with Crippen molar-refractivity contribution in [1.82, 2.24) is 10.6 Å². The van der Waals surface area contributed by atoms with Gasteiger partial charge in [-0.25, -0.2) is 4.79 Å². The van der Waals surface area contributed by atoms with Crippen LogP contribution in [0.2, 0.25) is 0 Å². The molecule has 0 spiro atoms. The Balaban J connectivity index is 2.13. The van der Waals surface area contributed by atoms with Gasteiger partial charge in [0.25, 0.3) is 5.91 Å². The minimum atomic E-state index is -0.494. The van der Waals surface area contributed by atoms with E-state index in [1.54, 1.807) is 6.08 Å². The van der Waals surface area contributed by atoms with E-state index in [0.717, 1.165) is 11.3 Å². The van der Waals surface area contributed by atoms with Crippen LogP contribution in [0, 0.1) is 0 Å². The van der Waals surface area contributed by atoms with Gasteiger partial charge in [0.1, 0.15) is 11.4 Å². The van der Waals surface area contributed by atoms with Crippen LogP contribution in [0.4, 0.5) is 4.79 Å². The Hall–Kier alpha value is -2.30. The molecule has 0 aromatic heterocycles. The summed E-state index contributed by atoms with van der Waals surface area (Å²) in [7, 11) is 0. The van der Waals surface area contributed by atoms with Gasteiger partial charge < -0.3 is 10.1 Å². The molecular formula is C13H14N2O3. The van der Waals surface area contributed by atoms with Crippen molar-refractivity contribution in [2.75, 3.05) is 0 Å². The summed E-state index contributed by atoms with van der Waals surface area (Å²) in [6, 6.07) is 6.79. The molecule has 18 heavy (non-hydrogen) atoms. The highest BCUT2D eigenvalue weighted by Gasteiger charge is 2.22. The summed E-state index contributed by atoms with van der Waals surface area (Å²) in [5, 5.41) is 4.57. The molecule has 1 aromatic rings. The van der Waals surface area contributed by atoms with Crippen LogP contribution in [0.25, 0.3) is 6.08 Å². The topological polar surface area (TPSA) is 67.4 Å². The molecule has 0 bridgehead atoms. The van der Waals surface area contributed by atoms with Crippen LogP contribution in [-0.2, 0) is 4.79 Å². The average Bonchev–Trinajstić information content (AvgIpc) is 2.59. The van der Waals surface area contributed by atoms with E-state index in [1.807, 2.05) is 38.1 Å². The third-order valence-electron chi connectivity index (χ3n) is 2.28. The molecule has 1 aliphatic heterocycles. The third-order valence-corrected chi connectivity index (χ3v) is 2.28. The molecule has 5 nitrogen and oxygen atoms in total. The molecule has 0 unspecified atom stereocenters. The molecule has 1 aromatic carbocycles. The van der Waals surface area contributed by atoms with Crippen LogP contribution < -0.4 is 15.4 Å². The summed E-state index contributed by atoms with van der Waals surface area (Å²) in [4.78, 5) is 22.2. The van der Waals surface area contributed by atoms with Crippen LogP contribution in [0.1, 0.15) is 19.4 Å². The predicted octanol–water partition coefficient (Wildman–Crippen LogP) is 1.65. The van der Waals surface area contributed by atoms with Crippen LogP contribution in [0.5, 0.6) is 5.75 Å². The standard InChI is InChI=1S/C13H14N2O3/c1-8(2)18-10-5-3-9(4-6-10)7-11-12(16)15-13(17)14-11/h3-8H,1-2H3,(H2,14,15,16,17). The fourth-order valence-electron chi connectivity index (χ4n) is 1.56. The van der Waals surface area contributed by atoms with E-state index in [9.17, 15) is 9.59 Å². The second-order valence-electron chi connectivity index (χ2n) is 4.20. The van der Waals surface area contributed by atoms with Gasteiger partial charge in [-0.3, -0.25) is 10.1 Å². The normalized spacial score (nSPS) is 16.9. The van der Waals surface area contributed by atoms with Crippen molar-refractivity contribution in [3.63, 3.8) is 0 Å². The Labute approximate surface area is 105 Å². The smallest absolute Gasteiger partial charge is 0.326 e. The summed E-state index contributed by atoms with van der Waals surface area (Å²) in [6.07, 6.45) is 1.73. The van der Waals surface area contributed by atoms with E-state index in [4.69, 9.17) is 4.74 Å². The zero-order valence-electron chi connectivity index (χ0n) is 10.2. The summed E-state index contributed by atoms with van der Waals surface area (Å²) in [6.45, 7) is 3.91. The lowest BCUT2D eigenvalue weighted by molar-refractivity contribution is -0.115. The molecule has 2 N–H and O–H groups in total. The van der Waals surface area contributed by atoms with Crippen molar-refractivity contribution < 1.29 is 14.3 Å². The van der Waals surface area contributed by atoms with Crippen molar-refractivity contribution in [2.24, 2.45) is 0 Å². The van der Waals surface area contributed by atoms with Gasteiger partial charge in [-0.1, -0.05) is 12.1 Å². The number of benzene rings is 1. The van der Waals surface area contributed by atoms with Crippen LogP contribution in [-0.4, -0.2) is 18.0 Å². The van der Waals surface area contributed by atoms with E-state index >= 15 is 0 Å². The van der Waals surface area contributed by atoms with Crippen LogP contribution >= 0.6 is 0 Å². The zero-order chi connectivity index (χ0) is 13.1. The molecule has 2 rings (SSSR count). The van der Waals surface area contributed by atoms with E-state index in [0.29, 0.717) is 0 Å². The first kappa shape index (κ1) is 12.2. The third kappa shape index (κ3) is 2.88. The van der Waals surface area contributed by atoms with Crippen molar-refractivity contribution >= 4 is 18.0 Å². The molecule has 1 heterocycles. The summed E-state index contributed by atoms with van der Waals surface area (Å²) >= 11 is 0. The lowest BCUT2D eigenvalue weighted by Crippen LogP contribution is -2.22. The summed E-state index contributed by atoms with van der Waals surface area (Å²) in [5.74, 6) is 0.356. The van der Waals surface area contributed by atoms with Gasteiger partial charge in [0.15, 0.2) is 0 Å². The van der Waals surface area contributed by atoms with E-state index in [-0.39, 0.29) is 11.8 Å². The van der Waals surface area contributed by atoms with Gasteiger partial charge >= 0.3 is 6.03 Å². The quantitative estimate of drug-likeness (QED) is 0.629. The molecule has 1 saturated heterocycles. The maximum Gasteiger partial charge on any atom is 0.326 e. The minimum absolute atomic E-state index is 0.120. The fraction of sp³-hybridized carbons (Fsp3) is 0.231. The summed E-state index contributed by atoms with van der Waals surface area (Å²) in [5.41, 5.74) is 1.07. The van der Waals surface area contributed by atoms with Crippen LogP contribution in [0.3, 0.4) is 0 Å². The number of nitrogens with one attached hydrogen (secondary N) is 2. The van der Waals surface area contributed by atoms with Crippen molar-refractivity contribution in [2.45, 2.75) is 20.0 Å². The van der Waals surface area contributed by atoms with Crippen LogP contribution in [0.15, 0.2) is 30.0 Å². The van der Waals surface area contributed by atoms with E-state index in [1.165, 1.54) is 0 Å². The maximum absolute atomic E-state index is 11.3. The Bertz CT molecular complexity index is 503. The molecule has 3 amide bonds. The molecule has 0 saturated carbocycles. The molecular weight excluding hydrogens is 232 g/mol. The second-order valence-corrected chi connectivity index (χ2v) is 4.20. The average molecular weight is 246 g/mol. The van der Waals surface area contributed by atoms with Gasteiger partial charge in [0.05, 0.1) is 6.10 Å². The fourth-order valence-corrected chi connectivity index (χ4v) is 1.56. The zero-order valence-corrected chi connectivity index (χ0v) is 10.2. The van der Waals surface area contributed by atoms with E-state index in [2.05, 4.69) is 10.6 Å². The number of ether oxygens (including phenoxy) is 1. The lowest BCUT2D eigenvalue weighted by atomic mass is 10.2. The van der Waals surface area contributed by atoms with Gasteiger partial charge in [0.2, 0.25) is 0 Å². The summed E-state index contributed by atoms with van der Waals surface area (Å²) < 4.78 is 5.51. The molecule has 0 atom stereocenters. The highest BCUT2D eigenvalue weighted by atomic mass is 16.5. The number of carbonyl (C=O) groups excluding carboxylic acids is 2. The number of carbonyl (C=O) groups is 2. The highest BCUT2D eigenvalue weighted by molar-refractivity contribution is 6.13. The van der Waals surface area contributed by atoms with Crippen molar-refractivity contribution in [3.8, 4) is 5.75 Å². The van der Waals surface area contributed by atoms with Gasteiger partial charge in [-0.2, -0.15) is 0 Å². The first-order valence-corrected chi connectivity index (χ1v) is 5.65. The highest BCUT2D eigenvalue weighted by Crippen LogP contribution is 2.16. The Morgan fingerprint density at radius 1 is 1.11 bits per heavy atom. The van der Waals surface area contributed by atoms with Gasteiger partial charge in [-0.05, 0) is 37.6 Å². The molecule has 5 heteroatoms. The minimum Gasteiger partial charge on any atom is -0.491 e. The van der Waals surface area contributed by atoms with E-state index < -0.39 is 11.9 Å². The number of hydrogen-bond donors (Lipinski definition) is 2. The molecule has 0 radical (unpaired) electrons. The molecule has 94 valence electrons. The predicted molar refractivity (Wildman–Crippen MR) is 66.9 cm³/mol. The molecule has 0 aliphatic carbocycles. The number of urea groups is 1. The Kier molecular flexibility index (Phi) is 3.32. The number of imide groups is 1.